The Morgan fingerprint density at radius 2 is 1.90 bits per heavy atom. The van der Waals surface area contributed by atoms with Crippen LogP contribution in [-0.4, -0.2) is 17.2 Å². The van der Waals surface area contributed by atoms with Crippen LogP contribution in [0.1, 0.15) is 15.9 Å². The van der Waals surface area contributed by atoms with E-state index < -0.39 is 5.97 Å². The van der Waals surface area contributed by atoms with Crippen LogP contribution in [0, 0.1) is 0 Å². The Kier molecular flexibility index (Phi) is 4.95. The maximum atomic E-state index is 11.7. The van der Waals surface area contributed by atoms with Crippen LogP contribution in [0.15, 0.2) is 41.7 Å². The normalized spacial score (nSPS) is 10.8. The van der Waals surface area contributed by atoms with Crippen LogP contribution in [0.5, 0.6) is 0 Å². The standard InChI is InChI=1S/C13H7Cl3N2O2/c14-9-4-8(5-10(15)6-9)7-18-20-13(19)11-2-1-3-17-12(11)16/h1-7H. The number of rotatable bonds is 3. The maximum absolute atomic E-state index is 11.7. The largest absolute Gasteiger partial charge is 0.368 e. The van der Waals surface area contributed by atoms with Crippen molar-refractivity contribution in [3.63, 3.8) is 0 Å². The highest BCUT2D eigenvalue weighted by Gasteiger charge is 2.11. The number of hydrogen-bond donors (Lipinski definition) is 0. The highest BCUT2D eigenvalue weighted by atomic mass is 35.5. The van der Waals surface area contributed by atoms with E-state index in [-0.39, 0.29) is 10.7 Å². The topological polar surface area (TPSA) is 51.5 Å². The van der Waals surface area contributed by atoms with Crippen molar-refractivity contribution in [3.05, 3.63) is 62.9 Å². The summed E-state index contributed by atoms with van der Waals surface area (Å²) in [6, 6.07) is 7.90. The quantitative estimate of drug-likeness (QED) is 0.366. The third kappa shape index (κ3) is 3.93. The van der Waals surface area contributed by atoms with E-state index in [2.05, 4.69) is 10.1 Å². The molecule has 0 radical (unpaired) electrons. The molecule has 0 saturated heterocycles. The lowest BCUT2D eigenvalue weighted by atomic mass is 10.2. The number of oxime groups is 1. The second kappa shape index (κ2) is 6.70. The summed E-state index contributed by atoms with van der Waals surface area (Å²) in [7, 11) is 0. The third-order valence-corrected chi connectivity index (χ3v) is 2.94. The van der Waals surface area contributed by atoms with Crippen molar-refractivity contribution in [2.45, 2.75) is 0 Å². The van der Waals surface area contributed by atoms with Crippen molar-refractivity contribution in [2.24, 2.45) is 5.16 Å². The van der Waals surface area contributed by atoms with Gasteiger partial charge in [-0.25, -0.2) is 9.78 Å². The first kappa shape index (κ1) is 14.8. The van der Waals surface area contributed by atoms with Crippen LogP contribution in [0.3, 0.4) is 0 Å². The van der Waals surface area contributed by atoms with Gasteiger partial charge < -0.3 is 4.84 Å². The zero-order valence-electron chi connectivity index (χ0n) is 9.89. The Balaban J connectivity index is 2.07. The lowest BCUT2D eigenvalue weighted by molar-refractivity contribution is 0.0519. The summed E-state index contributed by atoms with van der Waals surface area (Å²) >= 11 is 17.4. The third-order valence-electron chi connectivity index (χ3n) is 2.20. The number of aromatic nitrogens is 1. The van der Waals surface area contributed by atoms with Gasteiger partial charge in [-0.05, 0) is 35.9 Å². The number of halogens is 3. The summed E-state index contributed by atoms with van der Waals surface area (Å²) in [4.78, 5) is 20.2. The van der Waals surface area contributed by atoms with E-state index in [0.29, 0.717) is 15.6 Å². The van der Waals surface area contributed by atoms with Crippen molar-refractivity contribution in [3.8, 4) is 0 Å². The maximum Gasteiger partial charge on any atom is 0.368 e. The van der Waals surface area contributed by atoms with Gasteiger partial charge in [-0.15, -0.1) is 0 Å². The van der Waals surface area contributed by atoms with Crippen molar-refractivity contribution in [1.29, 1.82) is 0 Å². The smallest absolute Gasteiger partial charge is 0.313 e. The predicted octanol–water partition coefficient (Wildman–Crippen LogP) is 4.23. The monoisotopic (exact) mass is 328 g/mol. The highest BCUT2D eigenvalue weighted by molar-refractivity contribution is 6.35. The molecular formula is C13H7Cl3N2O2. The molecule has 0 saturated carbocycles. The summed E-state index contributed by atoms with van der Waals surface area (Å²) in [6.07, 6.45) is 2.79. The van der Waals surface area contributed by atoms with Gasteiger partial charge in [0.1, 0.15) is 5.15 Å². The fraction of sp³-hybridized carbons (Fsp3) is 0. The van der Waals surface area contributed by atoms with Crippen LogP contribution >= 0.6 is 34.8 Å². The Bertz CT molecular complexity index is 654. The number of carbonyl (C=O) groups is 1. The molecular weight excluding hydrogens is 323 g/mol. The summed E-state index contributed by atoms with van der Waals surface area (Å²) in [6.45, 7) is 0. The second-order valence-electron chi connectivity index (χ2n) is 3.66. The SMILES string of the molecule is O=C(ON=Cc1cc(Cl)cc(Cl)c1)c1cccnc1Cl. The van der Waals surface area contributed by atoms with Gasteiger partial charge in [-0.1, -0.05) is 40.0 Å². The van der Waals surface area contributed by atoms with Crippen LogP contribution in [0.2, 0.25) is 15.2 Å². The van der Waals surface area contributed by atoms with Crippen LogP contribution in [0.25, 0.3) is 0 Å². The van der Waals surface area contributed by atoms with Gasteiger partial charge >= 0.3 is 5.97 Å². The molecule has 7 heteroatoms. The summed E-state index contributed by atoms with van der Waals surface area (Å²) in [5, 5.41) is 4.53. The van der Waals surface area contributed by atoms with Gasteiger partial charge in [0.25, 0.3) is 0 Å². The molecule has 102 valence electrons. The average molecular weight is 330 g/mol. The van der Waals surface area contributed by atoms with E-state index in [1.807, 2.05) is 0 Å². The van der Waals surface area contributed by atoms with E-state index in [9.17, 15) is 4.79 Å². The fourth-order valence-electron chi connectivity index (χ4n) is 1.37. The van der Waals surface area contributed by atoms with Crippen molar-refractivity contribution < 1.29 is 9.63 Å². The van der Waals surface area contributed by atoms with E-state index >= 15 is 0 Å². The summed E-state index contributed by atoms with van der Waals surface area (Å²) in [5.74, 6) is -0.701. The molecule has 4 nitrogen and oxygen atoms in total. The molecule has 0 aliphatic carbocycles. The lowest BCUT2D eigenvalue weighted by Crippen LogP contribution is -2.02. The first-order chi connectivity index (χ1) is 9.56. The molecule has 2 rings (SSSR count). The number of benzene rings is 1. The number of nitrogens with zero attached hydrogens (tertiary/aromatic N) is 2. The Hall–Kier alpha value is -1.62. The highest BCUT2D eigenvalue weighted by Crippen LogP contribution is 2.18. The molecule has 0 spiro atoms. The van der Waals surface area contributed by atoms with Crippen molar-refractivity contribution in [2.75, 3.05) is 0 Å². The molecule has 0 amide bonds. The van der Waals surface area contributed by atoms with Gasteiger partial charge in [-0.2, -0.15) is 0 Å². The molecule has 1 aromatic carbocycles. The van der Waals surface area contributed by atoms with Crippen LogP contribution < -0.4 is 0 Å². The molecule has 1 heterocycles. The number of carbonyl (C=O) groups excluding carboxylic acids is 1. The minimum absolute atomic E-state index is 0.0542. The van der Waals surface area contributed by atoms with Crippen molar-refractivity contribution >= 4 is 47.0 Å². The average Bonchev–Trinajstić information content (AvgIpc) is 2.38. The van der Waals surface area contributed by atoms with Gasteiger partial charge in [0, 0.05) is 16.2 Å². The Labute approximate surface area is 129 Å². The summed E-state index contributed by atoms with van der Waals surface area (Å²) < 4.78 is 0. The van der Waals surface area contributed by atoms with Crippen LogP contribution in [0.4, 0.5) is 0 Å². The number of pyridine rings is 1. The minimum atomic E-state index is -0.701. The van der Waals surface area contributed by atoms with Gasteiger partial charge in [-0.3, -0.25) is 0 Å². The molecule has 0 N–H and O–H groups in total. The fourth-order valence-corrected chi connectivity index (χ4v) is 2.11. The predicted molar refractivity (Wildman–Crippen MR) is 78.7 cm³/mol. The van der Waals surface area contributed by atoms with E-state index in [1.165, 1.54) is 18.5 Å². The molecule has 0 atom stereocenters. The molecule has 1 aromatic heterocycles. The zero-order chi connectivity index (χ0) is 14.5. The molecule has 0 unspecified atom stereocenters. The van der Waals surface area contributed by atoms with Gasteiger partial charge in [0.15, 0.2) is 0 Å². The first-order valence-electron chi connectivity index (χ1n) is 5.37. The molecule has 2 aromatic rings. The van der Waals surface area contributed by atoms with Gasteiger partial charge in [0.2, 0.25) is 0 Å². The molecule has 0 fully saturated rings. The Morgan fingerprint density at radius 3 is 2.55 bits per heavy atom. The zero-order valence-corrected chi connectivity index (χ0v) is 12.2. The lowest BCUT2D eigenvalue weighted by Gasteiger charge is -1.99. The van der Waals surface area contributed by atoms with Crippen molar-refractivity contribution in [1.82, 2.24) is 4.98 Å². The molecule has 0 aliphatic rings. The molecule has 0 bridgehead atoms. The summed E-state index contributed by atoms with van der Waals surface area (Å²) in [5.41, 5.74) is 0.739. The second-order valence-corrected chi connectivity index (χ2v) is 4.89. The Morgan fingerprint density at radius 1 is 1.20 bits per heavy atom. The van der Waals surface area contributed by atoms with Crippen LogP contribution in [-0.2, 0) is 4.84 Å². The molecule has 0 aliphatic heterocycles. The minimum Gasteiger partial charge on any atom is -0.313 e. The molecule has 20 heavy (non-hydrogen) atoms. The van der Waals surface area contributed by atoms with E-state index in [0.717, 1.165) is 0 Å². The number of hydrogen-bond acceptors (Lipinski definition) is 4. The first-order valence-corrected chi connectivity index (χ1v) is 6.51. The van der Waals surface area contributed by atoms with E-state index in [4.69, 9.17) is 39.6 Å². The van der Waals surface area contributed by atoms with E-state index in [1.54, 1.807) is 24.3 Å². The van der Waals surface area contributed by atoms with Gasteiger partial charge in [0.05, 0.1) is 11.8 Å².